The van der Waals surface area contributed by atoms with Gasteiger partial charge in [-0.05, 0) is 24.6 Å². The molecule has 5 heteroatoms. The molecule has 19 heavy (non-hydrogen) atoms. The zero-order valence-electron chi connectivity index (χ0n) is 10.7. The molecule has 1 aromatic rings. The Hall–Kier alpha value is -1.78. The first-order valence-electron chi connectivity index (χ1n) is 5.96. The lowest BCUT2D eigenvalue weighted by molar-refractivity contribution is -0.137. The predicted octanol–water partition coefficient (Wildman–Crippen LogP) is 3.92. The third-order valence-corrected chi connectivity index (χ3v) is 2.68. The third kappa shape index (κ3) is 3.84. The molecule has 1 rings (SSSR count). The molecule has 0 bridgehead atoms. The maximum Gasteiger partial charge on any atom is 0.417 e. The van der Waals surface area contributed by atoms with E-state index in [-0.39, 0.29) is 11.8 Å². The van der Waals surface area contributed by atoms with Crippen molar-refractivity contribution in [2.45, 2.75) is 19.5 Å². The summed E-state index contributed by atoms with van der Waals surface area (Å²) in [6.45, 7) is 6.63. The first-order valence-corrected chi connectivity index (χ1v) is 5.96. The minimum absolute atomic E-state index is 0.226. The average Bonchev–Trinajstić information content (AvgIpc) is 2.37. The highest BCUT2D eigenvalue weighted by molar-refractivity contribution is 5.79. The maximum atomic E-state index is 12.9. The summed E-state index contributed by atoms with van der Waals surface area (Å²) in [4.78, 5) is 12.5. The summed E-state index contributed by atoms with van der Waals surface area (Å²) in [5.41, 5.74) is -0.795. The van der Waals surface area contributed by atoms with Gasteiger partial charge in [-0.15, -0.1) is 6.58 Å². The van der Waals surface area contributed by atoms with E-state index in [4.69, 9.17) is 0 Å². The van der Waals surface area contributed by atoms with Crippen molar-refractivity contribution < 1.29 is 18.0 Å². The molecule has 0 saturated carbocycles. The predicted molar refractivity (Wildman–Crippen MR) is 69.5 cm³/mol. The number of rotatable bonds is 6. The summed E-state index contributed by atoms with van der Waals surface area (Å²) in [5, 5.41) is 0. The van der Waals surface area contributed by atoms with Crippen LogP contribution in [0, 0.1) is 0 Å². The van der Waals surface area contributed by atoms with E-state index in [1.54, 1.807) is 11.0 Å². The summed E-state index contributed by atoms with van der Waals surface area (Å²) in [5.74, 6) is 0. The molecule has 0 unspecified atom stereocenters. The monoisotopic (exact) mass is 271 g/mol. The van der Waals surface area contributed by atoms with Gasteiger partial charge in [-0.2, -0.15) is 13.2 Å². The van der Waals surface area contributed by atoms with Gasteiger partial charge >= 0.3 is 6.18 Å². The second-order valence-corrected chi connectivity index (χ2v) is 4.12. The van der Waals surface area contributed by atoms with Gasteiger partial charge in [0, 0.05) is 24.3 Å². The summed E-state index contributed by atoms with van der Waals surface area (Å²) in [6, 6.07) is 3.75. The van der Waals surface area contributed by atoms with Crippen molar-refractivity contribution in [2.24, 2.45) is 0 Å². The van der Waals surface area contributed by atoms with E-state index in [9.17, 15) is 18.0 Å². The number of hydrogen-bond acceptors (Lipinski definition) is 2. The molecule has 0 fully saturated rings. The second-order valence-electron chi connectivity index (χ2n) is 4.12. The highest BCUT2D eigenvalue weighted by atomic mass is 19.4. The zero-order chi connectivity index (χ0) is 14.5. The van der Waals surface area contributed by atoms with Crippen LogP contribution in [0.3, 0.4) is 0 Å². The van der Waals surface area contributed by atoms with Crippen LogP contribution in [0.25, 0.3) is 0 Å². The van der Waals surface area contributed by atoms with Crippen molar-refractivity contribution >= 4 is 12.0 Å². The highest BCUT2D eigenvalue weighted by Gasteiger charge is 2.33. The Balaban J connectivity index is 3.22. The van der Waals surface area contributed by atoms with E-state index in [1.165, 1.54) is 12.1 Å². The Morgan fingerprint density at radius 3 is 2.53 bits per heavy atom. The maximum absolute atomic E-state index is 12.9. The summed E-state index contributed by atoms with van der Waals surface area (Å²) in [7, 11) is 0. The Morgan fingerprint density at radius 1 is 1.37 bits per heavy atom. The molecular weight excluding hydrogens is 255 g/mol. The largest absolute Gasteiger partial charge is 0.417 e. The standard InChI is InChI=1S/C14H16F3NO/c1-3-7-18(8-4-2)12-6-5-11(10-19)13(9-12)14(15,16)17/h3,5-6,9-10H,1,4,7-8H2,2H3. The number of hydrogen-bond donors (Lipinski definition) is 0. The number of aldehydes is 1. The number of benzene rings is 1. The first kappa shape index (κ1) is 15.3. The van der Waals surface area contributed by atoms with Gasteiger partial charge in [0.2, 0.25) is 0 Å². The van der Waals surface area contributed by atoms with Crippen LogP contribution in [0.15, 0.2) is 30.9 Å². The Bertz CT molecular complexity index is 454. The number of carbonyl (C=O) groups is 1. The molecule has 2 nitrogen and oxygen atoms in total. The smallest absolute Gasteiger partial charge is 0.368 e. The van der Waals surface area contributed by atoms with Crippen LogP contribution in [0.4, 0.5) is 18.9 Å². The number of anilines is 1. The summed E-state index contributed by atoms with van der Waals surface area (Å²) in [6.07, 6.45) is -1.86. The Kier molecular flexibility index (Phi) is 5.15. The van der Waals surface area contributed by atoms with Gasteiger partial charge in [0.1, 0.15) is 0 Å². The SMILES string of the molecule is C=CCN(CCC)c1ccc(C=O)c(C(F)(F)F)c1. The summed E-state index contributed by atoms with van der Waals surface area (Å²) >= 11 is 0. The van der Waals surface area contributed by atoms with Crippen LogP contribution < -0.4 is 4.90 Å². The van der Waals surface area contributed by atoms with E-state index in [1.807, 2.05) is 6.92 Å². The fraction of sp³-hybridized carbons (Fsp3) is 0.357. The normalized spacial score (nSPS) is 11.2. The van der Waals surface area contributed by atoms with Gasteiger partial charge in [0.05, 0.1) is 5.56 Å². The Labute approximate surface area is 110 Å². The molecule has 0 aliphatic carbocycles. The number of halogens is 3. The van der Waals surface area contributed by atoms with Crippen LogP contribution in [-0.2, 0) is 6.18 Å². The quantitative estimate of drug-likeness (QED) is 0.577. The minimum Gasteiger partial charge on any atom is -0.368 e. The van der Waals surface area contributed by atoms with Gasteiger partial charge in [0.15, 0.2) is 6.29 Å². The van der Waals surface area contributed by atoms with Crippen LogP contribution in [0.2, 0.25) is 0 Å². The molecule has 104 valence electrons. The average molecular weight is 271 g/mol. The van der Waals surface area contributed by atoms with Crippen LogP contribution in [0.1, 0.15) is 29.3 Å². The zero-order valence-corrected chi connectivity index (χ0v) is 10.7. The lowest BCUT2D eigenvalue weighted by Gasteiger charge is -2.24. The molecule has 0 radical (unpaired) electrons. The minimum atomic E-state index is -4.53. The molecular formula is C14H16F3NO. The van der Waals surface area contributed by atoms with Crippen molar-refractivity contribution in [1.82, 2.24) is 0 Å². The molecule has 0 atom stereocenters. The first-order chi connectivity index (χ1) is 8.93. The fourth-order valence-corrected chi connectivity index (χ4v) is 1.84. The van der Waals surface area contributed by atoms with Gasteiger partial charge in [-0.3, -0.25) is 4.79 Å². The van der Waals surface area contributed by atoms with Crippen molar-refractivity contribution in [3.8, 4) is 0 Å². The third-order valence-electron chi connectivity index (χ3n) is 2.68. The van der Waals surface area contributed by atoms with Gasteiger partial charge in [0.25, 0.3) is 0 Å². The number of alkyl halides is 3. The molecule has 0 aromatic heterocycles. The molecule has 0 N–H and O–H groups in total. The van der Waals surface area contributed by atoms with Crippen LogP contribution in [0.5, 0.6) is 0 Å². The molecule has 0 spiro atoms. The molecule has 0 aliphatic heterocycles. The van der Waals surface area contributed by atoms with E-state index >= 15 is 0 Å². The second kappa shape index (κ2) is 6.41. The van der Waals surface area contributed by atoms with Gasteiger partial charge in [-0.1, -0.05) is 13.0 Å². The molecule has 0 saturated heterocycles. The van der Waals surface area contributed by atoms with Crippen molar-refractivity contribution in [3.05, 3.63) is 42.0 Å². The Morgan fingerprint density at radius 2 is 2.05 bits per heavy atom. The molecule has 0 amide bonds. The van der Waals surface area contributed by atoms with Crippen LogP contribution in [-0.4, -0.2) is 19.4 Å². The molecule has 0 heterocycles. The van der Waals surface area contributed by atoms with Crippen molar-refractivity contribution in [1.29, 1.82) is 0 Å². The topological polar surface area (TPSA) is 20.3 Å². The fourth-order valence-electron chi connectivity index (χ4n) is 1.84. The van der Waals surface area contributed by atoms with Gasteiger partial charge < -0.3 is 4.90 Å². The highest BCUT2D eigenvalue weighted by Crippen LogP contribution is 2.34. The van der Waals surface area contributed by atoms with E-state index < -0.39 is 11.7 Å². The molecule has 1 aromatic carbocycles. The van der Waals surface area contributed by atoms with E-state index in [2.05, 4.69) is 6.58 Å². The van der Waals surface area contributed by atoms with Crippen molar-refractivity contribution in [3.63, 3.8) is 0 Å². The lowest BCUT2D eigenvalue weighted by Crippen LogP contribution is -2.24. The molecule has 0 aliphatic rings. The number of nitrogens with zero attached hydrogens (tertiary/aromatic N) is 1. The lowest BCUT2D eigenvalue weighted by atomic mass is 10.1. The van der Waals surface area contributed by atoms with E-state index in [0.717, 1.165) is 12.5 Å². The summed E-state index contributed by atoms with van der Waals surface area (Å²) < 4.78 is 38.6. The van der Waals surface area contributed by atoms with E-state index in [0.29, 0.717) is 18.8 Å². The van der Waals surface area contributed by atoms with Crippen LogP contribution >= 0.6 is 0 Å². The number of carbonyl (C=O) groups excluding carboxylic acids is 1. The van der Waals surface area contributed by atoms with Crippen molar-refractivity contribution in [2.75, 3.05) is 18.0 Å². The van der Waals surface area contributed by atoms with Gasteiger partial charge in [-0.25, -0.2) is 0 Å².